The van der Waals surface area contributed by atoms with Gasteiger partial charge < -0.3 is 20.1 Å². The van der Waals surface area contributed by atoms with Crippen molar-refractivity contribution in [2.75, 3.05) is 40.0 Å². The van der Waals surface area contributed by atoms with Crippen LogP contribution >= 0.6 is 11.6 Å². The maximum Gasteiger partial charge on any atom is 0.257 e. The van der Waals surface area contributed by atoms with E-state index in [4.69, 9.17) is 21.1 Å². The van der Waals surface area contributed by atoms with E-state index in [-0.39, 0.29) is 23.0 Å². The Balaban J connectivity index is 1.80. The third-order valence-electron chi connectivity index (χ3n) is 4.04. The standard InChI is InChI=1S/C16H22ClFN2O3/c1-22-11-16(4-6-19-7-5-16)10-20-15(21)9-23-12-2-3-14(18)13(17)8-12/h2-3,8,19H,4-7,9-11H2,1H3,(H,20,21). The van der Waals surface area contributed by atoms with E-state index in [1.165, 1.54) is 18.2 Å². The van der Waals surface area contributed by atoms with Crippen LogP contribution in [0.1, 0.15) is 12.8 Å². The summed E-state index contributed by atoms with van der Waals surface area (Å²) in [5.41, 5.74) is -0.0329. The number of nitrogens with one attached hydrogen (secondary N) is 2. The zero-order valence-electron chi connectivity index (χ0n) is 13.2. The number of halogens is 2. The van der Waals surface area contributed by atoms with Crippen LogP contribution in [0.15, 0.2) is 18.2 Å². The number of piperidine rings is 1. The third kappa shape index (κ3) is 5.34. The molecule has 0 radical (unpaired) electrons. The zero-order valence-corrected chi connectivity index (χ0v) is 13.9. The number of benzene rings is 1. The minimum absolute atomic E-state index is 0.0309. The lowest BCUT2D eigenvalue weighted by atomic mass is 9.79. The molecule has 128 valence electrons. The fourth-order valence-electron chi connectivity index (χ4n) is 2.69. The smallest absolute Gasteiger partial charge is 0.257 e. The van der Waals surface area contributed by atoms with Crippen LogP contribution in [0, 0.1) is 11.2 Å². The predicted octanol–water partition coefficient (Wildman–Crippen LogP) is 1.99. The summed E-state index contributed by atoms with van der Waals surface area (Å²) in [5.74, 6) is -0.379. The minimum Gasteiger partial charge on any atom is -0.484 e. The van der Waals surface area contributed by atoms with Gasteiger partial charge in [-0.3, -0.25) is 4.79 Å². The first kappa shape index (κ1) is 18.0. The lowest BCUT2D eigenvalue weighted by Crippen LogP contribution is -2.47. The van der Waals surface area contributed by atoms with Crippen LogP contribution in [0.2, 0.25) is 5.02 Å². The number of rotatable bonds is 7. The third-order valence-corrected chi connectivity index (χ3v) is 4.33. The quantitative estimate of drug-likeness (QED) is 0.794. The average Bonchev–Trinajstić information content (AvgIpc) is 2.55. The molecule has 2 rings (SSSR count). The van der Waals surface area contributed by atoms with Gasteiger partial charge in [0.15, 0.2) is 6.61 Å². The van der Waals surface area contributed by atoms with Crippen molar-refractivity contribution in [1.82, 2.24) is 10.6 Å². The largest absolute Gasteiger partial charge is 0.484 e. The summed E-state index contributed by atoms with van der Waals surface area (Å²) in [7, 11) is 1.67. The first-order valence-corrected chi connectivity index (χ1v) is 7.97. The molecule has 1 aliphatic heterocycles. The van der Waals surface area contributed by atoms with E-state index < -0.39 is 5.82 Å². The van der Waals surface area contributed by atoms with E-state index >= 15 is 0 Å². The summed E-state index contributed by atoms with van der Waals surface area (Å²) in [4.78, 5) is 12.0. The summed E-state index contributed by atoms with van der Waals surface area (Å²) in [6.07, 6.45) is 1.91. The first-order chi connectivity index (χ1) is 11.0. The summed E-state index contributed by atoms with van der Waals surface area (Å²) in [6, 6.07) is 4.00. The van der Waals surface area contributed by atoms with Gasteiger partial charge in [-0.15, -0.1) is 0 Å². The van der Waals surface area contributed by atoms with E-state index in [1.807, 2.05) is 0 Å². The lowest BCUT2D eigenvalue weighted by Gasteiger charge is -2.37. The lowest BCUT2D eigenvalue weighted by molar-refractivity contribution is -0.124. The molecule has 0 unspecified atom stereocenters. The van der Waals surface area contributed by atoms with Crippen molar-refractivity contribution >= 4 is 17.5 Å². The number of hydrogen-bond donors (Lipinski definition) is 2. The highest BCUT2D eigenvalue weighted by Crippen LogP contribution is 2.28. The van der Waals surface area contributed by atoms with Gasteiger partial charge in [0.05, 0.1) is 11.6 Å². The van der Waals surface area contributed by atoms with Gasteiger partial charge in [0.1, 0.15) is 11.6 Å². The molecule has 1 fully saturated rings. The highest BCUT2D eigenvalue weighted by atomic mass is 35.5. The first-order valence-electron chi connectivity index (χ1n) is 7.59. The van der Waals surface area contributed by atoms with E-state index in [2.05, 4.69) is 10.6 Å². The number of carbonyl (C=O) groups is 1. The van der Waals surface area contributed by atoms with Crippen molar-refractivity contribution in [2.24, 2.45) is 5.41 Å². The van der Waals surface area contributed by atoms with Crippen LogP contribution in [0.3, 0.4) is 0 Å². The molecule has 0 atom stereocenters. The molecule has 0 aromatic heterocycles. The van der Waals surface area contributed by atoms with Gasteiger partial charge in [0.25, 0.3) is 5.91 Å². The Morgan fingerprint density at radius 3 is 2.83 bits per heavy atom. The number of carbonyl (C=O) groups excluding carboxylic acids is 1. The van der Waals surface area contributed by atoms with Crippen LogP contribution in [-0.4, -0.2) is 45.9 Å². The van der Waals surface area contributed by atoms with Crippen molar-refractivity contribution in [1.29, 1.82) is 0 Å². The van der Waals surface area contributed by atoms with Gasteiger partial charge >= 0.3 is 0 Å². The second kappa shape index (κ2) is 8.47. The Kier molecular flexibility index (Phi) is 6.62. The molecule has 1 aliphatic rings. The molecule has 7 heteroatoms. The molecule has 23 heavy (non-hydrogen) atoms. The fourth-order valence-corrected chi connectivity index (χ4v) is 2.86. The van der Waals surface area contributed by atoms with Gasteiger partial charge in [0, 0.05) is 25.1 Å². The van der Waals surface area contributed by atoms with E-state index in [1.54, 1.807) is 7.11 Å². The number of hydrogen-bond acceptors (Lipinski definition) is 4. The molecule has 0 aliphatic carbocycles. The molecule has 5 nitrogen and oxygen atoms in total. The van der Waals surface area contributed by atoms with Crippen molar-refractivity contribution < 1.29 is 18.7 Å². The summed E-state index contributed by atoms with van der Waals surface area (Å²) in [5, 5.41) is 6.17. The summed E-state index contributed by atoms with van der Waals surface area (Å²) in [6.45, 7) is 2.87. The minimum atomic E-state index is -0.518. The van der Waals surface area contributed by atoms with E-state index in [0.717, 1.165) is 25.9 Å². The molecule has 1 aromatic carbocycles. The molecule has 0 saturated carbocycles. The Hall–Kier alpha value is -1.37. The maximum atomic E-state index is 13.1. The molecular weight excluding hydrogens is 323 g/mol. The molecular formula is C16H22ClFN2O3. The van der Waals surface area contributed by atoms with Crippen molar-refractivity contribution in [3.8, 4) is 5.75 Å². The Morgan fingerprint density at radius 2 is 2.17 bits per heavy atom. The van der Waals surface area contributed by atoms with Gasteiger partial charge in [0.2, 0.25) is 0 Å². The topological polar surface area (TPSA) is 59.6 Å². The van der Waals surface area contributed by atoms with Crippen LogP contribution in [-0.2, 0) is 9.53 Å². The second-order valence-electron chi connectivity index (χ2n) is 5.82. The van der Waals surface area contributed by atoms with Crippen molar-refractivity contribution in [3.05, 3.63) is 29.0 Å². The van der Waals surface area contributed by atoms with Crippen molar-refractivity contribution in [2.45, 2.75) is 12.8 Å². The van der Waals surface area contributed by atoms with Crippen LogP contribution in [0.25, 0.3) is 0 Å². The Labute approximate surface area is 140 Å². The molecule has 1 saturated heterocycles. The highest BCUT2D eigenvalue weighted by molar-refractivity contribution is 6.30. The second-order valence-corrected chi connectivity index (χ2v) is 6.23. The van der Waals surface area contributed by atoms with Crippen LogP contribution in [0.4, 0.5) is 4.39 Å². The molecule has 1 amide bonds. The highest BCUT2D eigenvalue weighted by Gasteiger charge is 2.32. The number of amides is 1. The van der Waals surface area contributed by atoms with Crippen LogP contribution in [0.5, 0.6) is 5.75 Å². The van der Waals surface area contributed by atoms with Gasteiger partial charge in [-0.2, -0.15) is 0 Å². The molecule has 0 spiro atoms. The Morgan fingerprint density at radius 1 is 1.43 bits per heavy atom. The monoisotopic (exact) mass is 344 g/mol. The normalized spacial score (nSPS) is 16.8. The molecule has 2 N–H and O–H groups in total. The summed E-state index contributed by atoms with van der Waals surface area (Å²) >= 11 is 5.67. The molecule has 1 heterocycles. The van der Waals surface area contributed by atoms with E-state index in [9.17, 15) is 9.18 Å². The fraction of sp³-hybridized carbons (Fsp3) is 0.562. The molecule has 0 bridgehead atoms. The van der Waals surface area contributed by atoms with Gasteiger partial charge in [-0.1, -0.05) is 11.6 Å². The Bertz CT molecular complexity index is 531. The zero-order chi connectivity index (χ0) is 16.7. The average molecular weight is 345 g/mol. The SMILES string of the molecule is COCC1(CNC(=O)COc2ccc(F)c(Cl)c2)CCNCC1. The van der Waals surface area contributed by atoms with E-state index in [0.29, 0.717) is 18.9 Å². The van der Waals surface area contributed by atoms with Crippen molar-refractivity contribution in [3.63, 3.8) is 0 Å². The van der Waals surface area contributed by atoms with Gasteiger partial charge in [-0.05, 0) is 38.1 Å². The number of ether oxygens (including phenoxy) is 2. The van der Waals surface area contributed by atoms with Crippen LogP contribution < -0.4 is 15.4 Å². The maximum absolute atomic E-state index is 13.1. The molecule has 1 aromatic rings. The summed E-state index contributed by atoms with van der Waals surface area (Å²) < 4.78 is 23.7. The van der Waals surface area contributed by atoms with Gasteiger partial charge in [-0.25, -0.2) is 4.39 Å². The number of methoxy groups -OCH3 is 1. The predicted molar refractivity (Wildman–Crippen MR) is 86.3 cm³/mol.